The third kappa shape index (κ3) is 5.40. The number of amides is 1. The van der Waals surface area contributed by atoms with E-state index in [2.05, 4.69) is 5.32 Å². The summed E-state index contributed by atoms with van der Waals surface area (Å²) in [4.78, 5) is 11.9. The maximum atomic E-state index is 13.5. The van der Waals surface area contributed by atoms with E-state index in [-0.39, 0.29) is 11.7 Å². The number of nitrogens with one attached hydrogen (secondary N) is 1. The van der Waals surface area contributed by atoms with Crippen LogP contribution in [0.5, 0.6) is 5.75 Å². The van der Waals surface area contributed by atoms with Gasteiger partial charge in [-0.25, -0.2) is 4.39 Å². The second kappa shape index (κ2) is 8.93. The number of methoxy groups -OCH3 is 1. The number of hydrogen-bond donors (Lipinski definition) is 1. The third-order valence-electron chi connectivity index (χ3n) is 3.72. The smallest absolute Gasteiger partial charge is 0.220 e. The number of benzene rings is 2. The van der Waals surface area contributed by atoms with Crippen molar-refractivity contribution in [2.45, 2.75) is 25.7 Å². The summed E-state index contributed by atoms with van der Waals surface area (Å²) in [5.74, 6) is 0.624. The summed E-state index contributed by atoms with van der Waals surface area (Å²) in [6.07, 6.45) is 2.41. The van der Waals surface area contributed by atoms with Crippen molar-refractivity contribution in [1.29, 1.82) is 0 Å². The molecule has 0 saturated carbocycles. The molecule has 4 heteroatoms. The first-order valence-electron chi connectivity index (χ1n) is 7.82. The van der Waals surface area contributed by atoms with Crippen LogP contribution in [0.25, 0.3) is 0 Å². The summed E-state index contributed by atoms with van der Waals surface area (Å²) in [6, 6.07) is 14.4. The summed E-state index contributed by atoms with van der Waals surface area (Å²) in [5.41, 5.74) is 1.72. The highest BCUT2D eigenvalue weighted by atomic mass is 19.1. The van der Waals surface area contributed by atoms with Crippen molar-refractivity contribution < 1.29 is 13.9 Å². The van der Waals surface area contributed by atoms with Crippen molar-refractivity contribution in [2.24, 2.45) is 0 Å². The zero-order valence-corrected chi connectivity index (χ0v) is 13.3. The first-order valence-corrected chi connectivity index (χ1v) is 7.82. The van der Waals surface area contributed by atoms with Gasteiger partial charge >= 0.3 is 0 Å². The monoisotopic (exact) mass is 315 g/mol. The van der Waals surface area contributed by atoms with Crippen molar-refractivity contribution in [2.75, 3.05) is 13.7 Å². The van der Waals surface area contributed by atoms with E-state index in [1.165, 1.54) is 6.07 Å². The van der Waals surface area contributed by atoms with Gasteiger partial charge in [0.05, 0.1) is 7.11 Å². The van der Waals surface area contributed by atoms with Crippen molar-refractivity contribution >= 4 is 5.91 Å². The Kier molecular flexibility index (Phi) is 6.60. The molecule has 0 saturated heterocycles. The summed E-state index contributed by atoms with van der Waals surface area (Å²) in [7, 11) is 1.63. The van der Waals surface area contributed by atoms with Gasteiger partial charge in [0.2, 0.25) is 5.91 Å². The van der Waals surface area contributed by atoms with Crippen LogP contribution in [0.3, 0.4) is 0 Å². The molecule has 0 bridgehead atoms. The molecule has 122 valence electrons. The molecular formula is C19H22FNO2. The molecule has 2 aromatic rings. The van der Waals surface area contributed by atoms with Crippen LogP contribution in [0.2, 0.25) is 0 Å². The molecule has 0 fully saturated rings. The average Bonchev–Trinajstić information content (AvgIpc) is 2.58. The van der Waals surface area contributed by atoms with E-state index in [0.717, 1.165) is 17.7 Å². The fourth-order valence-corrected chi connectivity index (χ4v) is 2.45. The van der Waals surface area contributed by atoms with Crippen molar-refractivity contribution in [3.8, 4) is 5.75 Å². The zero-order valence-electron chi connectivity index (χ0n) is 13.3. The van der Waals surface area contributed by atoms with Gasteiger partial charge in [-0.05, 0) is 42.5 Å². The molecule has 3 nitrogen and oxygen atoms in total. The lowest BCUT2D eigenvalue weighted by Crippen LogP contribution is -2.25. The summed E-state index contributed by atoms with van der Waals surface area (Å²) in [6.45, 7) is 0.555. The summed E-state index contributed by atoms with van der Waals surface area (Å²) < 4.78 is 18.7. The number of aryl methyl sites for hydroxylation is 2. The van der Waals surface area contributed by atoms with Crippen LogP contribution in [0.4, 0.5) is 4.39 Å². The minimum absolute atomic E-state index is 0.00411. The van der Waals surface area contributed by atoms with Gasteiger partial charge < -0.3 is 10.1 Å². The SMILES string of the molecule is COc1ccccc1CCC(=O)NCCCc1ccccc1F. The largest absolute Gasteiger partial charge is 0.496 e. The zero-order chi connectivity index (χ0) is 16.5. The number of halogens is 1. The number of rotatable bonds is 8. The molecule has 1 N–H and O–H groups in total. The normalized spacial score (nSPS) is 10.3. The van der Waals surface area contributed by atoms with Gasteiger partial charge in [-0.1, -0.05) is 36.4 Å². The molecular weight excluding hydrogens is 293 g/mol. The van der Waals surface area contributed by atoms with Gasteiger partial charge in [0.1, 0.15) is 11.6 Å². The summed E-state index contributed by atoms with van der Waals surface area (Å²) in [5, 5.41) is 2.88. The molecule has 0 aliphatic carbocycles. The van der Waals surface area contributed by atoms with E-state index in [9.17, 15) is 9.18 Å². The standard InChI is InChI=1S/C19H22FNO2/c1-23-18-11-5-3-8-16(18)12-13-19(22)21-14-6-9-15-7-2-4-10-17(15)20/h2-5,7-8,10-11H,6,9,12-14H2,1H3,(H,21,22). The Balaban J connectivity index is 1.68. The minimum atomic E-state index is -0.185. The number of carbonyl (C=O) groups excluding carboxylic acids is 1. The van der Waals surface area contributed by atoms with E-state index >= 15 is 0 Å². The van der Waals surface area contributed by atoms with E-state index in [1.54, 1.807) is 19.2 Å². The van der Waals surface area contributed by atoms with Crippen molar-refractivity contribution in [1.82, 2.24) is 5.32 Å². The number of hydrogen-bond acceptors (Lipinski definition) is 2. The lowest BCUT2D eigenvalue weighted by atomic mass is 10.1. The van der Waals surface area contributed by atoms with Crippen LogP contribution in [-0.2, 0) is 17.6 Å². The Hall–Kier alpha value is -2.36. The van der Waals surface area contributed by atoms with Crippen LogP contribution in [0.15, 0.2) is 48.5 Å². The molecule has 0 aliphatic heterocycles. The van der Waals surface area contributed by atoms with Crippen LogP contribution in [-0.4, -0.2) is 19.6 Å². The van der Waals surface area contributed by atoms with Gasteiger partial charge in [0, 0.05) is 13.0 Å². The quantitative estimate of drug-likeness (QED) is 0.757. The molecule has 0 heterocycles. The number of para-hydroxylation sites is 1. The molecule has 2 aromatic carbocycles. The first-order chi connectivity index (χ1) is 11.2. The number of ether oxygens (including phenoxy) is 1. The molecule has 23 heavy (non-hydrogen) atoms. The molecule has 0 radical (unpaired) electrons. The Morgan fingerprint density at radius 1 is 1.04 bits per heavy atom. The third-order valence-corrected chi connectivity index (χ3v) is 3.72. The van der Waals surface area contributed by atoms with Gasteiger partial charge in [-0.15, -0.1) is 0 Å². The average molecular weight is 315 g/mol. The van der Waals surface area contributed by atoms with E-state index < -0.39 is 0 Å². The fraction of sp³-hybridized carbons (Fsp3) is 0.316. The van der Waals surface area contributed by atoms with Crippen LogP contribution < -0.4 is 10.1 Å². The molecule has 0 atom stereocenters. The maximum Gasteiger partial charge on any atom is 0.220 e. The second-order valence-electron chi connectivity index (χ2n) is 5.36. The van der Waals surface area contributed by atoms with Crippen LogP contribution >= 0.6 is 0 Å². The van der Waals surface area contributed by atoms with Crippen molar-refractivity contribution in [3.05, 3.63) is 65.5 Å². The Morgan fingerprint density at radius 3 is 2.48 bits per heavy atom. The molecule has 0 spiro atoms. The topological polar surface area (TPSA) is 38.3 Å². The molecule has 0 unspecified atom stereocenters. The van der Waals surface area contributed by atoms with Crippen LogP contribution in [0.1, 0.15) is 24.0 Å². The lowest BCUT2D eigenvalue weighted by molar-refractivity contribution is -0.121. The molecule has 0 aliphatic rings. The fourth-order valence-electron chi connectivity index (χ4n) is 2.45. The van der Waals surface area contributed by atoms with Crippen LogP contribution in [0, 0.1) is 5.82 Å². The summed E-state index contributed by atoms with van der Waals surface area (Å²) >= 11 is 0. The predicted octanol–water partition coefficient (Wildman–Crippen LogP) is 3.52. The lowest BCUT2D eigenvalue weighted by Gasteiger charge is -2.09. The maximum absolute atomic E-state index is 13.5. The highest BCUT2D eigenvalue weighted by Crippen LogP contribution is 2.18. The Morgan fingerprint density at radius 2 is 1.74 bits per heavy atom. The molecule has 1 amide bonds. The Labute approximate surface area is 136 Å². The molecule has 0 aromatic heterocycles. The highest BCUT2D eigenvalue weighted by Gasteiger charge is 2.06. The van der Waals surface area contributed by atoms with Gasteiger partial charge in [-0.2, -0.15) is 0 Å². The van der Waals surface area contributed by atoms with E-state index in [4.69, 9.17) is 4.74 Å². The first kappa shape index (κ1) is 17.0. The Bertz CT molecular complexity index is 643. The molecule has 2 rings (SSSR count). The van der Waals surface area contributed by atoms with Gasteiger partial charge in [0.15, 0.2) is 0 Å². The van der Waals surface area contributed by atoms with Crippen molar-refractivity contribution in [3.63, 3.8) is 0 Å². The number of carbonyl (C=O) groups is 1. The van der Waals surface area contributed by atoms with Gasteiger partial charge in [-0.3, -0.25) is 4.79 Å². The van der Waals surface area contributed by atoms with E-state index in [0.29, 0.717) is 31.4 Å². The predicted molar refractivity (Wildman–Crippen MR) is 89.0 cm³/mol. The van der Waals surface area contributed by atoms with Gasteiger partial charge in [0.25, 0.3) is 0 Å². The highest BCUT2D eigenvalue weighted by molar-refractivity contribution is 5.76. The van der Waals surface area contributed by atoms with E-state index in [1.807, 2.05) is 30.3 Å². The minimum Gasteiger partial charge on any atom is -0.496 e. The second-order valence-corrected chi connectivity index (χ2v) is 5.36.